The molecule has 2 aromatic carbocycles. The van der Waals surface area contributed by atoms with Crippen LogP contribution in [-0.4, -0.2) is 21.8 Å². The fraction of sp³-hybridized carbons (Fsp3) is 0.182. The highest BCUT2D eigenvalue weighted by atomic mass is 32.2. The molecule has 0 bridgehead atoms. The van der Waals surface area contributed by atoms with Crippen LogP contribution in [0, 0.1) is 18.6 Å². The molecule has 0 radical (unpaired) electrons. The Morgan fingerprint density at radius 3 is 2.69 bits per heavy atom. The standard InChI is InChI=1S/C22H18F2N4O3S/c1-11-2-4-12(5-3-11)10-32-22-27-19-18(21(31)28-22)14(9-17(29)26-19)20(30)25-16-8-13(23)6-7-15(16)24/h2-8,14H,9-10H2,1H3,(H,25,30)(H2,26,27,28,29,31)/t14-/m1/s1. The summed E-state index contributed by atoms with van der Waals surface area (Å²) >= 11 is 1.27. The molecule has 0 aliphatic carbocycles. The first-order valence-corrected chi connectivity index (χ1v) is 10.7. The average Bonchev–Trinajstić information content (AvgIpc) is 2.75. The Balaban J connectivity index is 1.58. The highest BCUT2D eigenvalue weighted by Gasteiger charge is 2.35. The predicted molar refractivity (Wildman–Crippen MR) is 117 cm³/mol. The number of rotatable bonds is 5. The van der Waals surface area contributed by atoms with Gasteiger partial charge in [0.15, 0.2) is 5.16 Å². The second-order valence-corrected chi connectivity index (χ2v) is 8.29. The third-order valence-electron chi connectivity index (χ3n) is 4.93. The molecule has 0 spiro atoms. The van der Waals surface area contributed by atoms with E-state index in [-0.39, 0.29) is 28.6 Å². The van der Waals surface area contributed by atoms with E-state index in [4.69, 9.17) is 0 Å². The van der Waals surface area contributed by atoms with Crippen LogP contribution >= 0.6 is 11.8 Å². The molecule has 2 amide bonds. The summed E-state index contributed by atoms with van der Waals surface area (Å²) in [6.45, 7) is 1.98. The van der Waals surface area contributed by atoms with Gasteiger partial charge >= 0.3 is 0 Å². The van der Waals surface area contributed by atoms with Crippen molar-refractivity contribution in [1.29, 1.82) is 0 Å². The molecule has 1 aliphatic heterocycles. The van der Waals surface area contributed by atoms with Crippen molar-refractivity contribution < 1.29 is 18.4 Å². The number of aryl methyl sites for hydroxylation is 1. The predicted octanol–water partition coefficient (Wildman–Crippen LogP) is 3.71. The van der Waals surface area contributed by atoms with Crippen LogP contribution in [0.4, 0.5) is 20.3 Å². The summed E-state index contributed by atoms with van der Waals surface area (Å²) in [5.41, 5.74) is 1.17. The number of amides is 2. The highest BCUT2D eigenvalue weighted by Crippen LogP contribution is 2.31. The summed E-state index contributed by atoms with van der Waals surface area (Å²) in [4.78, 5) is 44.6. The normalized spacial score (nSPS) is 15.1. The van der Waals surface area contributed by atoms with Gasteiger partial charge in [0.1, 0.15) is 17.5 Å². The molecule has 4 rings (SSSR count). The molecule has 32 heavy (non-hydrogen) atoms. The van der Waals surface area contributed by atoms with E-state index in [0.29, 0.717) is 5.75 Å². The zero-order valence-electron chi connectivity index (χ0n) is 16.9. The number of anilines is 2. The number of nitrogens with one attached hydrogen (secondary N) is 3. The maximum Gasteiger partial charge on any atom is 0.257 e. The first kappa shape index (κ1) is 21.7. The van der Waals surface area contributed by atoms with Crippen molar-refractivity contribution >= 4 is 35.1 Å². The molecule has 0 saturated carbocycles. The van der Waals surface area contributed by atoms with Crippen LogP contribution in [0.2, 0.25) is 0 Å². The van der Waals surface area contributed by atoms with Gasteiger partial charge in [-0.05, 0) is 24.6 Å². The van der Waals surface area contributed by atoms with Crippen LogP contribution in [0.15, 0.2) is 52.4 Å². The summed E-state index contributed by atoms with van der Waals surface area (Å²) in [6, 6.07) is 10.5. The van der Waals surface area contributed by atoms with E-state index < -0.39 is 34.9 Å². The fourth-order valence-corrected chi connectivity index (χ4v) is 4.11. The zero-order valence-corrected chi connectivity index (χ0v) is 17.7. The topological polar surface area (TPSA) is 104 Å². The molecule has 2 heterocycles. The van der Waals surface area contributed by atoms with Gasteiger partial charge in [-0.3, -0.25) is 14.4 Å². The molecule has 10 heteroatoms. The van der Waals surface area contributed by atoms with Crippen molar-refractivity contribution in [1.82, 2.24) is 9.97 Å². The first-order chi connectivity index (χ1) is 15.3. The van der Waals surface area contributed by atoms with Gasteiger partial charge in [0.25, 0.3) is 5.56 Å². The molecule has 0 unspecified atom stereocenters. The van der Waals surface area contributed by atoms with Crippen LogP contribution < -0.4 is 16.2 Å². The van der Waals surface area contributed by atoms with Gasteiger partial charge in [-0.25, -0.2) is 13.8 Å². The van der Waals surface area contributed by atoms with E-state index in [9.17, 15) is 23.2 Å². The largest absolute Gasteiger partial charge is 0.323 e. The Morgan fingerprint density at radius 2 is 1.94 bits per heavy atom. The SMILES string of the molecule is Cc1ccc(CSc2nc3c(c(=O)[nH]2)[C@H](C(=O)Nc2cc(F)ccc2F)CC(=O)N3)cc1. The number of nitrogens with zero attached hydrogens (tertiary/aromatic N) is 1. The average molecular weight is 456 g/mol. The number of hydrogen-bond acceptors (Lipinski definition) is 5. The minimum Gasteiger partial charge on any atom is -0.323 e. The third kappa shape index (κ3) is 4.70. The summed E-state index contributed by atoms with van der Waals surface area (Å²) in [6.07, 6.45) is -0.323. The molecule has 7 nitrogen and oxygen atoms in total. The molecule has 1 aliphatic rings. The number of carbonyl (C=O) groups excluding carboxylic acids is 2. The van der Waals surface area contributed by atoms with E-state index in [0.717, 1.165) is 29.3 Å². The van der Waals surface area contributed by atoms with E-state index in [1.165, 1.54) is 11.8 Å². The minimum atomic E-state index is -1.20. The molecule has 3 aromatic rings. The van der Waals surface area contributed by atoms with Crippen molar-refractivity contribution in [2.75, 3.05) is 10.6 Å². The molecular weight excluding hydrogens is 438 g/mol. The van der Waals surface area contributed by atoms with Gasteiger partial charge < -0.3 is 15.6 Å². The van der Waals surface area contributed by atoms with Gasteiger partial charge in [-0.1, -0.05) is 41.6 Å². The van der Waals surface area contributed by atoms with Crippen LogP contribution in [0.1, 0.15) is 29.0 Å². The molecule has 1 aromatic heterocycles. The molecular formula is C22H18F2N4O3S. The maximum absolute atomic E-state index is 13.9. The molecule has 3 N–H and O–H groups in total. The Bertz CT molecular complexity index is 1260. The van der Waals surface area contributed by atoms with Gasteiger partial charge in [0, 0.05) is 18.2 Å². The number of fused-ring (bicyclic) bond motifs is 1. The minimum absolute atomic E-state index is 0.0173. The smallest absolute Gasteiger partial charge is 0.257 e. The van der Waals surface area contributed by atoms with Gasteiger partial charge in [-0.2, -0.15) is 0 Å². The Kier molecular flexibility index (Phi) is 6.04. The summed E-state index contributed by atoms with van der Waals surface area (Å²) in [5, 5.41) is 5.06. The summed E-state index contributed by atoms with van der Waals surface area (Å²) < 4.78 is 27.3. The number of carbonyl (C=O) groups is 2. The number of H-pyrrole nitrogens is 1. The summed E-state index contributed by atoms with van der Waals surface area (Å²) in [7, 11) is 0. The first-order valence-electron chi connectivity index (χ1n) is 9.68. The molecule has 0 fully saturated rings. The quantitative estimate of drug-likeness (QED) is 0.401. The van der Waals surface area contributed by atoms with Crippen molar-refractivity contribution in [2.24, 2.45) is 0 Å². The molecule has 164 valence electrons. The second kappa shape index (κ2) is 8.91. The van der Waals surface area contributed by atoms with Crippen LogP contribution in [-0.2, 0) is 15.3 Å². The van der Waals surface area contributed by atoms with Crippen LogP contribution in [0.3, 0.4) is 0 Å². The van der Waals surface area contributed by atoms with Crippen LogP contribution in [0.5, 0.6) is 0 Å². The lowest BCUT2D eigenvalue weighted by atomic mass is 9.92. The van der Waals surface area contributed by atoms with E-state index >= 15 is 0 Å². The van der Waals surface area contributed by atoms with Gasteiger partial charge in [0.2, 0.25) is 11.8 Å². The van der Waals surface area contributed by atoms with Crippen molar-refractivity contribution in [2.45, 2.75) is 30.2 Å². The van der Waals surface area contributed by atoms with Crippen molar-refractivity contribution in [3.63, 3.8) is 0 Å². The lowest BCUT2D eigenvalue weighted by Gasteiger charge is -2.23. The summed E-state index contributed by atoms with van der Waals surface area (Å²) in [5.74, 6) is -3.57. The van der Waals surface area contributed by atoms with E-state index in [1.54, 1.807) is 0 Å². The van der Waals surface area contributed by atoms with Gasteiger partial charge in [-0.15, -0.1) is 0 Å². The number of benzene rings is 2. The lowest BCUT2D eigenvalue weighted by Crippen LogP contribution is -2.36. The van der Waals surface area contributed by atoms with Gasteiger partial charge in [0.05, 0.1) is 17.2 Å². The second-order valence-electron chi connectivity index (χ2n) is 7.33. The lowest BCUT2D eigenvalue weighted by molar-refractivity contribution is -0.123. The number of aromatic nitrogens is 2. The van der Waals surface area contributed by atoms with E-state index in [1.807, 2.05) is 31.2 Å². The van der Waals surface area contributed by atoms with Crippen molar-refractivity contribution in [3.8, 4) is 0 Å². The number of hydrogen-bond donors (Lipinski definition) is 3. The zero-order chi connectivity index (χ0) is 22.8. The molecule has 0 saturated heterocycles. The monoisotopic (exact) mass is 456 g/mol. The molecule has 1 atom stereocenters. The maximum atomic E-state index is 13.9. The third-order valence-corrected chi connectivity index (χ3v) is 5.87. The Morgan fingerprint density at radius 1 is 1.19 bits per heavy atom. The van der Waals surface area contributed by atoms with Crippen LogP contribution in [0.25, 0.3) is 0 Å². The Hall–Kier alpha value is -3.53. The number of halogens is 2. The number of thioether (sulfide) groups is 1. The van der Waals surface area contributed by atoms with E-state index in [2.05, 4.69) is 20.6 Å². The number of aromatic amines is 1. The van der Waals surface area contributed by atoms with Crippen molar-refractivity contribution in [3.05, 3.63) is 81.1 Å². The Labute approximate surface area is 185 Å². The fourth-order valence-electron chi connectivity index (χ4n) is 3.29. The highest BCUT2D eigenvalue weighted by molar-refractivity contribution is 7.98.